The zero-order chi connectivity index (χ0) is 16.6. The molecule has 1 rings (SSSR count). The van der Waals surface area contributed by atoms with E-state index in [9.17, 15) is 4.79 Å². The zero-order valence-electron chi connectivity index (χ0n) is 13.7. The molecule has 1 aromatic carbocycles. The first-order chi connectivity index (χ1) is 10.4. The summed E-state index contributed by atoms with van der Waals surface area (Å²) in [7, 11) is -1.65. The lowest BCUT2D eigenvalue weighted by Gasteiger charge is -2.31. The van der Waals surface area contributed by atoms with Gasteiger partial charge in [-0.1, -0.05) is 62.1 Å². The first-order valence-corrected chi connectivity index (χ1v) is 11.0. The minimum atomic E-state index is -1.65. The highest BCUT2D eigenvalue weighted by Crippen LogP contribution is 2.29. The second kappa shape index (κ2) is 8.71. The molecule has 0 radical (unpaired) electrons. The van der Waals surface area contributed by atoms with Crippen molar-refractivity contribution < 1.29 is 14.3 Å². The van der Waals surface area contributed by atoms with E-state index in [1.54, 1.807) is 6.08 Å². The van der Waals surface area contributed by atoms with Crippen LogP contribution >= 0.6 is 0 Å². The average molecular weight is 318 g/mol. The number of carbonyl (C=O) groups is 1. The summed E-state index contributed by atoms with van der Waals surface area (Å²) in [5, 5.41) is 0. The van der Waals surface area contributed by atoms with E-state index in [4.69, 9.17) is 9.47 Å². The second-order valence-electron chi connectivity index (χ2n) is 6.26. The Morgan fingerprint density at radius 3 is 2.36 bits per heavy atom. The third-order valence-electron chi connectivity index (χ3n) is 3.43. The summed E-state index contributed by atoms with van der Waals surface area (Å²) < 4.78 is 11.1. The van der Waals surface area contributed by atoms with Gasteiger partial charge in [0, 0.05) is 5.54 Å². The van der Waals surface area contributed by atoms with E-state index in [0.717, 1.165) is 5.56 Å². The molecule has 22 heavy (non-hydrogen) atoms. The lowest BCUT2D eigenvalue weighted by atomic mass is 10.2. The smallest absolute Gasteiger partial charge is 0.335 e. The number of hydrogen-bond acceptors (Lipinski definition) is 3. The van der Waals surface area contributed by atoms with Crippen molar-refractivity contribution in [3.05, 3.63) is 61.2 Å². The zero-order valence-corrected chi connectivity index (χ0v) is 14.7. The predicted molar refractivity (Wildman–Crippen MR) is 93.5 cm³/mol. The van der Waals surface area contributed by atoms with Gasteiger partial charge in [-0.15, -0.1) is 13.2 Å². The number of hydrogen-bond donors (Lipinski definition) is 0. The van der Waals surface area contributed by atoms with Crippen molar-refractivity contribution in [3.8, 4) is 0 Å². The van der Waals surface area contributed by atoms with Gasteiger partial charge in [0.15, 0.2) is 6.10 Å². The van der Waals surface area contributed by atoms with Gasteiger partial charge in [0.05, 0.1) is 14.7 Å². The van der Waals surface area contributed by atoms with Crippen LogP contribution < -0.4 is 0 Å². The first-order valence-electron chi connectivity index (χ1n) is 7.45. The molecule has 0 heterocycles. The molecule has 0 aliphatic carbocycles. The summed E-state index contributed by atoms with van der Waals surface area (Å²) in [4.78, 5) is 12.5. The van der Waals surface area contributed by atoms with Crippen LogP contribution in [0.4, 0.5) is 0 Å². The molecule has 0 fully saturated rings. The highest BCUT2D eigenvalue weighted by molar-refractivity contribution is 6.78. The maximum atomic E-state index is 12.5. The van der Waals surface area contributed by atoms with Crippen LogP contribution in [0.2, 0.25) is 25.2 Å². The number of rotatable bonds is 9. The van der Waals surface area contributed by atoms with Gasteiger partial charge < -0.3 is 9.47 Å². The van der Waals surface area contributed by atoms with Gasteiger partial charge >= 0.3 is 5.97 Å². The molecule has 0 amide bonds. The van der Waals surface area contributed by atoms with E-state index in [1.807, 2.05) is 36.4 Å². The normalized spacial score (nSPS) is 14.0. The summed E-state index contributed by atoms with van der Waals surface area (Å²) in [6.07, 6.45) is 2.84. The Bertz CT molecular complexity index is 491. The van der Waals surface area contributed by atoms with Gasteiger partial charge in [0.25, 0.3) is 0 Å². The van der Waals surface area contributed by atoms with Crippen molar-refractivity contribution in [2.24, 2.45) is 0 Å². The summed E-state index contributed by atoms with van der Waals surface area (Å²) in [6.45, 7) is 14.7. The lowest BCUT2D eigenvalue weighted by Crippen LogP contribution is -2.41. The van der Waals surface area contributed by atoms with E-state index in [2.05, 4.69) is 32.8 Å². The Kier molecular flexibility index (Phi) is 7.28. The van der Waals surface area contributed by atoms with E-state index >= 15 is 0 Å². The van der Waals surface area contributed by atoms with Crippen LogP contribution in [-0.4, -0.2) is 26.8 Å². The van der Waals surface area contributed by atoms with Crippen LogP contribution in [0.5, 0.6) is 0 Å². The van der Waals surface area contributed by atoms with Crippen LogP contribution in [0, 0.1) is 0 Å². The third kappa shape index (κ3) is 5.62. The molecule has 2 atom stereocenters. The van der Waals surface area contributed by atoms with Gasteiger partial charge in [0.2, 0.25) is 0 Å². The van der Waals surface area contributed by atoms with E-state index in [0.29, 0.717) is 6.61 Å². The van der Waals surface area contributed by atoms with Crippen LogP contribution in [-0.2, 0) is 20.9 Å². The summed E-state index contributed by atoms with van der Waals surface area (Å²) in [6, 6.07) is 9.62. The Labute approximate surface area is 134 Å². The molecular formula is C18H26O3Si. The second-order valence-corrected chi connectivity index (χ2v) is 11.7. The molecule has 0 N–H and O–H groups in total. The first kappa shape index (κ1) is 18.4. The average Bonchev–Trinajstić information content (AvgIpc) is 2.48. The van der Waals surface area contributed by atoms with Crippen LogP contribution in [0.15, 0.2) is 55.6 Å². The Hall–Kier alpha value is -1.65. The molecule has 0 spiro atoms. The SMILES string of the molecule is C=CCO[C@H](C(=O)OCc1ccccc1)[C@@H](C=C)[Si](C)(C)C. The highest BCUT2D eigenvalue weighted by Gasteiger charge is 2.37. The van der Waals surface area contributed by atoms with Gasteiger partial charge in [-0.2, -0.15) is 0 Å². The van der Waals surface area contributed by atoms with Crippen molar-refractivity contribution in [2.75, 3.05) is 6.61 Å². The third-order valence-corrected chi connectivity index (χ3v) is 5.97. The molecule has 0 saturated carbocycles. The van der Waals surface area contributed by atoms with Crippen molar-refractivity contribution in [2.45, 2.75) is 37.9 Å². The van der Waals surface area contributed by atoms with Crippen LogP contribution in [0.3, 0.4) is 0 Å². The minimum absolute atomic E-state index is 0.00396. The Morgan fingerprint density at radius 2 is 1.86 bits per heavy atom. The van der Waals surface area contributed by atoms with Crippen molar-refractivity contribution in [1.29, 1.82) is 0 Å². The number of carbonyl (C=O) groups excluding carboxylic acids is 1. The molecular weight excluding hydrogens is 292 g/mol. The summed E-state index contributed by atoms with van der Waals surface area (Å²) in [5.41, 5.74) is 0.956. The Balaban J connectivity index is 2.79. The molecule has 1 aromatic rings. The van der Waals surface area contributed by atoms with Crippen LogP contribution in [0.1, 0.15) is 5.56 Å². The lowest BCUT2D eigenvalue weighted by molar-refractivity contribution is -0.157. The minimum Gasteiger partial charge on any atom is -0.459 e. The van der Waals surface area contributed by atoms with E-state index < -0.39 is 14.2 Å². The fourth-order valence-corrected chi connectivity index (χ4v) is 4.08. The maximum absolute atomic E-state index is 12.5. The molecule has 0 aliphatic rings. The van der Waals surface area contributed by atoms with Crippen molar-refractivity contribution in [3.63, 3.8) is 0 Å². The molecule has 0 aromatic heterocycles. The molecule has 4 heteroatoms. The predicted octanol–water partition coefficient (Wildman–Crippen LogP) is 4.20. The topological polar surface area (TPSA) is 35.5 Å². The molecule has 3 nitrogen and oxygen atoms in total. The van der Waals surface area contributed by atoms with Gasteiger partial charge in [-0.25, -0.2) is 4.79 Å². The fourth-order valence-electron chi connectivity index (χ4n) is 2.23. The van der Waals surface area contributed by atoms with Crippen molar-refractivity contribution in [1.82, 2.24) is 0 Å². The summed E-state index contributed by atoms with van der Waals surface area (Å²) in [5.74, 6) is -0.335. The largest absolute Gasteiger partial charge is 0.459 e. The Morgan fingerprint density at radius 1 is 1.23 bits per heavy atom. The van der Waals surface area contributed by atoms with E-state index in [1.165, 1.54) is 0 Å². The van der Waals surface area contributed by atoms with Crippen LogP contribution in [0.25, 0.3) is 0 Å². The van der Waals surface area contributed by atoms with E-state index in [-0.39, 0.29) is 18.1 Å². The van der Waals surface area contributed by atoms with Crippen molar-refractivity contribution >= 4 is 14.0 Å². The monoisotopic (exact) mass is 318 g/mol. The molecule has 0 aliphatic heterocycles. The maximum Gasteiger partial charge on any atom is 0.335 e. The number of esters is 1. The van der Waals surface area contributed by atoms with Gasteiger partial charge in [0.1, 0.15) is 6.61 Å². The molecule has 0 unspecified atom stereocenters. The molecule has 120 valence electrons. The quantitative estimate of drug-likeness (QED) is 0.389. The van der Waals surface area contributed by atoms with Gasteiger partial charge in [-0.05, 0) is 5.56 Å². The standard InChI is InChI=1S/C18H26O3Si/c1-6-13-20-17(16(7-2)22(3,4)5)18(19)21-14-15-11-9-8-10-12-15/h6-12,16-17H,1-2,13-14H2,3-5H3/t16-,17+/m1/s1. The molecule has 0 saturated heterocycles. The number of benzene rings is 1. The fraction of sp³-hybridized carbons (Fsp3) is 0.389. The molecule has 0 bridgehead atoms. The highest BCUT2D eigenvalue weighted by atomic mass is 28.3. The van der Waals surface area contributed by atoms with Gasteiger partial charge in [-0.3, -0.25) is 0 Å². The number of ether oxygens (including phenoxy) is 2. The summed E-state index contributed by atoms with van der Waals surface area (Å²) >= 11 is 0.